The maximum atomic E-state index is 13.5. The van der Waals surface area contributed by atoms with Gasteiger partial charge in [-0.25, -0.2) is 4.39 Å². The van der Waals surface area contributed by atoms with Crippen LogP contribution in [-0.2, 0) is 0 Å². The average Bonchev–Trinajstić information content (AvgIpc) is 2.43. The largest absolute Gasteiger partial charge is 0.262 e. The summed E-state index contributed by atoms with van der Waals surface area (Å²) >= 11 is 6.18. The summed E-state index contributed by atoms with van der Waals surface area (Å²) < 4.78 is 13.5. The molecular formula is C12H15ClFN. The standard InChI is InChI=1S/C12H15ClFN/c13-10-4-2-1-3-9(7-10)11-5-6-15-8-12(11)14/h5-6,8-10H,1-4,7H2. The lowest BCUT2D eigenvalue weighted by Crippen LogP contribution is -2.06. The molecule has 1 aliphatic carbocycles. The average molecular weight is 228 g/mol. The van der Waals surface area contributed by atoms with Gasteiger partial charge in [-0.1, -0.05) is 12.8 Å². The first-order valence-electron chi connectivity index (χ1n) is 5.51. The van der Waals surface area contributed by atoms with Crippen LogP contribution in [0.2, 0.25) is 0 Å². The molecule has 0 saturated heterocycles. The van der Waals surface area contributed by atoms with E-state index >= 15 is 0 Å². The van der Waals surface area contributed by atoms with Gasteiger partial charge < -0.3 is 0 Å². The molecule has 1 fully saturated rings. The molecule has 2 rings (SSSR count). The van der Waals surface area contributed by atoms with Crippen LogP contribution in [0.15, 0.2) is 18.5 Å². The van der Waals surface area contributed by atoms with Crippen molar-refractivity contribution < 1.29 is 4.39 Å². The summed E-state index contributed by atoms with van der Waals surface area (Å²) in [6.07, 6.45) is 8.26. The molecule has 0 aromatic carbocycles. The predicted octanol–water partition coefficient (Wildman–Crippen LogP) is 3.88. The van der Waals surface area contributed by atoms with Crippen LogP contribution in [0.25, 0.3) is 0 Å². The van der Waals surface area contributed by atoms with Crippen molar-refractivity contribution in [2.24, 2.45) is 0 Å². The lowest BCUT2D eigenvalue weighted by Gasteiger charge is -2.16. The molecule has 1 nitrogen and oxygen atoms in total. The molecule has 0 amide bonds. The van der Waals surface area contributed by atoms with Crippen LogP contribution in [0, 0.1) is 5.82 Å². The normalized spacial score (nSPS) is 27.3. The summed E-state index contributed by atoms with van der Waals surface area (Å²) in [6.45, 7) is 0. The van der Waals surface area contributed by atoms with Gasteiger partial charge in [0.25, 0.3) is 0 Å². The number of pyridine rings is 1. The van der Waals surface area contributed by atoms with Crippen LogP contribution in [0.5, 0.6) is 0 Å². The Morgan fingerprint density at radius 2 is 2.13 bits per heavy atom. The maximum absolute atomic E-state index is 13.5. The van der Waals surface area contributed by atoms with Crippen molar-refractivity contribution in [3.8, 4) is 0 Å². The zero-order valence-electron chi connectivity index (χ0n) is 8.63. The van der Waals surface area contributed by atoms with E-state index in [2.05, 4.69) is 4.98 Å². The lowest BCUT2D eigenvalue weighted by atomic mass is 9.92. The SMILES string of the molecule is Fc1cnccc1C1CCCCC(Cl)C1. The molecule has 0 N–H and O–H groups in total. The molecule has 1 heterocycles. The molecule has 0 radical (unpaired) electrons. The Morgan fingerprint density at radius 3 is 2.93 bits per heavy atom. The molecule has 0 bridgehead atoms. The highest BCUT2D eigenvalue weighted by Gasteiger charge is 2.22. The van der Waals surface area contributed by atoms with Crippen molar-refractivity contribution in [1.29, 1.82) is 0 Å². The van der Waals surface area contributed by atoms with Crippen LogP contribution < -0.4 is 0 Å². The zero-order valence-corrected chi connectivity index (χ0v) is 9.38. The Morgan fingerprint density at radius 1 is 1.33 bits per heavy atom. The molecule has 1 aromatic rings. The van der Waals surface area contributed by atoms with Gasteiger partial charge in [0.15, 0.2) is 0 Å². The Balaban J connectivity index is 2.18. The minimum Gasteiger partial charge on any atom is -0.262 e. The smallest absolute Gasteiger partial charge is 0.144 e. The van der Waals surface area contributed by atoms with Crippen molar-refractivity contribution in [2.45, 2.75) is 43.4 Å². The van der Waals surface area contributed by atoms with Crippen molar-refractivity contribution in [3.05, 3.63) is 29.8 Å². The summed E-state index contributed by atoms with van der Waals surface area (Å²) in [5.41, 5.74) is 0.789. The Bertz CT molecular complexity index is 329. The molecule has 2 atom stereocenters. The third-order valence-electron chi connectivity index (χ3n) is 3.10. The molecule has 2 unspecified atom stereocenters. The Labute approximate surface area is 94.7 Å². The fraction of sp³-hybridized carbons (Fsp3) is 0.583. The minimum atomic E-state index is -0.187. The van der Waals surface area contributed by atoms with Crippen LogP contribution >= 0.6 is 11.6 Å². The number of hydrogen-bond donors (Lipinski definition) is 0. The molecule has 1 saturated carbocycles. The molecular weight excluding hydrogens is 213 g/mol. The van der Waals surface area contributed by atoms with Crippen LogP contribution in [0.3, 0.4) is 0 Å². The van der Waals surface area contributed by atoms with Gasteiger partial charge in [0.2, 0.25) is 0 Å². The van der Waals surface area contributed by atoms with Crippen LogP contribution in [0.1, 0.15) is 43.6 Å². The van der Waals surface area contributed by atoms with Gasteiger partial charge in [-0.05, 0) is 36.8 Å². The first kappa shape index (κ1) is 10.9. The summed E-state index contributed by atoms with van der Waals surface area (Å²) in [6, 6.07) is 1.79. The van der Waals surface area contributed by atoms with E-state index in [1.807, 2.05) is 0 Å². The molecule has 1 aromatic heterocycles. The molecule has 0 aliphatic heterocycles. The monoisotopic (exact) mass is 227 g/mol. The second kappa shape index (κ2) is 4.93. The van der Waals surface area contributed by atoms with Gasteiger partial charge in [0.1, 0.15) is 5.82 Å². The van der Waals surface area contributed by atoms with Gasteiger partial charge in [0.05, 0.1) is 6.20 Å². The number of aromatic nitrogens is 1. The number of hydrogen-bond acceptors (Lipinski definition) is 1. The summed E-state index contributed by atoms with van der Waals surface area (Å²) in [5.74, 6) is 0.0891. The van der Waals surface area contributed by atoms with Crippen molar-refractivity contribution in [3.63, 3.8) is 0 Å². The fourth-order valence-corrected chi connectivity index (χ4v) is 2.67. The molecule has 0 spiro atoms. The van der Waals surface area contributed by atoms with Crippen molar-refractivity contribution in [2.75, 3.05) is 0 Å². The highest BCUT2D eigenvalue weighted by atomic mass is 35.5. The second-order valence-corrected chi connectivity index (χ2v) is 4.83. The number of nitrogens with zero attached hydrogens (tertiary/aromatic N) is 1. The summed E-state index contributed by atoms with van der Waals surface area (Å²) in [4.78, 5) is 3.77. The molecule has 1 aliphatic rings. The highest BCUT2D eigenvalue weighted by molar-refractivity contribution is 6.20. The quantitative estimate of drug-likeness (QED) is 0.524. The number of halogens is 2. The van der Waals surface area contributed by atoms with Gasteiger partial charge in [-0.3, -0.25) is 4.98 Å². The maximum Gasteiger partial charge on any atom is 0.144 e. The Hall–Kier alpha value is -0.630. The van der Waals surface area contributed by atoms with E-state index < -0.39 is 0 Å². The second-order valence-electron chi connectivity index (χ2n) is 4.21. The third-order valence-corrected chi connectivity index (χ3v) is 3.50. The van der Waals surface area contributed by atoms with Crippen molar-refractivity contribution >= 4 is 11.6 Å². The predicted molar refractivity (Wildman–Crippen MR) is 59.7 cm³/mol. The third kappa shape index (κ3) is 2.69. The van der Waals surface area contributed by atoms with Gasteiger partial charge in [0, 0.05) is 11.6 Å². The van der Waals surface area contributed by atoms with E-state index in [-0.39, 0.29) is 17.1 Å². The van der Waals surface area contributed by atoms with Gasteiger partial charge in [-0.2, -0.15) is 0 Å². The first-order chi connectivity index (χ1) is 7.27. The summed E-state index contributed by atoms with van der Waals surface area (Å²) in [5, 5.41) is 0.199. The minimum absolute atomic E-state index is 0.187. The van der Waals surface area contributed by atoms with Crippen LogP contribution in [-0.4, -0.2) is 10.4 Å². The lowest BCUT2D eigenvalue weighted by molar-refractivity contribution is 0.535. The van der Waals surface area contributed by atoms with Crippen molar-refractivity contribution in [1.82, 2.24) is 4.98 Å². The summed E-state index contributed by atoms with van der Waals surface area (Å²) in [7, 11) is 0. The fourth-order valence-electron chi connectivity index (χ4n) is 2.30. The van der Waals surface area contributed by atoms with E-state index in [1.165, 1.54) is 6.20 Å². The van der Waals surface area contributed by atoms with Crippen LogP contribution in [0.4, 0.5) is 4.39 Å². The number of rotatable bonds is 1. The molecule has 15 heavy (non-hydrogen) atoms. The van der Waals surface area contributed by atoms with Gasteiger partial charge in [-0.15, -0.1) is 11.6 Å². The van der Waals surface area contributed by atoms with E-state index in [1.54, 1.807) is 12.3 Å². The zero-order chi connectivity index (χ0) is 10.7. The highest BCUT2D eigenvalue weighted by Crippen LogP contribution is 2.34. The topological polar surface area (TPSA) is 12.9 Å². The van der Waals surface area contributed by atoms with E-state index in [0.717, 1.165) is 37.7 Å². The van der Waals surface area contributed by atoms with Gasteiger partial charge >= 0.3 is 0 Å². The Kier molecular flexibility index (Phi) is 3.57. The van der Waals surface area contributed by atoms with E-state index in [4.69, 9.17) is 11.6 Å². The molecule has 82 valence electrons. The number of alkyl halides is 1. The van der Waals surface area contributed by atoms with E-state index in [0.29, 0.717) is 0 Å². The van der Waals surface area contributed by atoms with E-state index in [9.17, 15) is 4.39 Å². The molecule has 3 heteroatoms. The first-order valence-corrected chi connectivity index (χ1v) is 5.94.